The summed E-state index contributed by atoms with van der Waals surface area (Å²) in [7, 11) is 0. The lowest BCUT2D eigenvalue weighted by molar-refractivity contribution is 0.247. The van der Waals surface area contributed by atoms with E-state index in [2.05, 4.69) is 36.9 Å². The molecule has 3 aromatic rings. The van der Waals surface area contributed by atoms with Crippen LogP contribution in [0.1, 0.15) is 50.4 Å². The molecule has 0 radical (unpaired) electrons. The molecule has 0 bridgehead atoms. The fraction of sp³-hybridized carbons (Fsp3) is 0.500. The van der Waals surface area contributed by atoms with E-state index in [1.54, 1.807) is 24.9 Å². The quantitative estimate of drug-likeness (QED) is 0.626. The highest BCUT2D eigenvalue weighted by molar-refractivity contribution is 7.98. The van der Waals surface area contributed by atoms with Crippen molar-refractivity contribution in [3.05, 3.63) is 36.3 Å². The van der Waals surface area contributed by atoms with Crippen LogP contribution in [0.5, 0.6) is 0 Å². The third kappa shape index (κ3) is 3.51. The highest BCUT2D eigenvalue weighted by atomic mass is 32.2. The Balaban J connectivity index is 1.67. The summed E-state index contributed by atoms with van der Waals surface area (Å²) in [5, 5.41) is 17.9. The first-order valence-corrected chi connectivity index (χ1v) is 9.98. The van der Waals surface area contributed by atoms with Gasteiger partial charge in [0.15, 0.2) is 11.0 Å². The van der Waals surface area contributed by atoms with Crippen molar-refractivity contribution in [2.75, 3.05) is 0 Å². The molecule has 0 aromatic carbocycles. The maximum Gasteiger partial charge on any atom is 0.226 e. The van der Waals surface area contributed by atoms with Crippen LogP contribution in [0, 0.1) is 12.8 Å². The molecule has 3 aromatic heterocycles. The Bertz CT molecular complexity index is 862. The van der Waals surface area contributed by atoms with E-state index in [0.717, 1.165) is 23.0 Å². The first-order valence-electron chi connectivity index (χ1n) is 8.99. The minimum absolute atomic E-state index is 0.404. The summed E-state index contributed by atoms with van der Waals surface area (Å²) >= 11 is 1.60. The monoisotopic (exact) mass is 370 g/mol. The van der Waals surface area contributed by atoms with E-state index in [-0.39, 0.29) is 0 Å². The van der Waals surface area contributed by atoms with Gasteiger partial charge in [0.25, 0.3) is 0 Å². The minimum Gasteiger partial charge on any atom is -0.425 e. The SMILES string of the molecule is Cc1nnc(CSc2nnc(-c3cccnc3)n2C2CCCCC2C)o1. The van der Waals surface area contributed by atoms with Crippen LogP contribution in [0.4, 0.5) is 0 Å². The molecule has 2 atom stereocenters. The molecule has 8 heteroatoms. The number of aromatic nitrogens is 6. The standard InChI is InChI=1S/C18H22N6OS/c1-12-6-3-4-8-15(12)24-17(14-7-5-9-19-10-14)22-23-18(24)26-11-16-21-20-13(2)25-16/h5,7,9-10,12,15H,3-4,6,8,11H2,1-2H3. The van der Waals surface area contributed by atoms with Gasteiger partial charge in [-0.25, -0.2) is 0 Å². The third-order valence-corrected chi connectivity index (χ3v) is 5.80. The fourth-order valence-electron chi connectivity index (χ4n) is 3.57. The second kappa shape index (κ2) is 7.57. The van der Waals surface area contributed by atoms with Crippen LogP contribution in [0.2, 0.25) is 0 Å². The van der Waals surface area contributed by atoms with E-state index >= 15 is 0 Å². The van der Waals surface area contributed by atoms with E-state index in [9.17, 15) is 0 Å². The lowest BCUT2D eigenvalue weighted by Crippen LogP contribution is -2.22. The predicted octanol–water partition coefficient (Wildman–Crippen LogP) is 4.08. The number of pyridine rings is 1. The van der Waals surface area contributed by atoms with Crippen LogP contribution >= 0.6 is 11.8 Å². The van der Waals surface area contributed by atoms with Gasteiger partial charge in [-0.3, -0.25) is 9.55 Å². The highest BCUT2D eigenvalue weighted by Crippen LogP contribution is 2.39. The van der Waals surface area contributed by atoms with Crippen molar-refractivity contribution in [2.24, 2.45) is 5.92 Å². The largest absolute Gasteiger partial charge is 0.425 e. The number of hydrogen-bond donors (Lipinski definition) is 0. The Hall–Kier alpha value is -2.22. The maximum atomic E-state index is 5.49. The van der Waals surface area contributed by atoms with Crippen molar-refractivity contribution in [3.63, 3.8) is 0 Å². The Labute approximate surface area is 156 Å². The molecule has 0 saturated heterocycles. The zero-order valence-corrected chi connectivity index (χ0v) is 15.8. The summed E-state index contributed by atoms with van der Waals surface area (Å²) in [6.45, 7) is 4.13. The fourth-order valence-corrected chi connectivity index (χ4v) is 4.40. The molecule has 1 fully saturated rings. The Morgan fingerprint density at radius 1 is 1.19 bits per heavy atom. The molecule has 7 nitrogen and oxygen atoms in total. The smallest absolute Gasteiger partial charge is 0.226 e. The maximum absolute atomic E-state index is 5.49. The minimum atomic E-state index is 0.404. The Morgan fingerprint density at radius 3 is 2.81 bits per heavy atom. The van der Waals surface area contributed by atoms with Crippen molar-refractivity contribution in [1.82, 2.24) is 29.9 Å². The number of aryl methyl sites for hydroxylation is 1. The van der Waals surface area contributed by atoms with Gasteiger partial charge < -0.3 is 4.42 Å². The van der Waals surface area contributed by atoms with Gasteiger partial charge in [-0.15, -0.1) is 20.4 Å². The lowest BCUT2D eigenvalue weighted by atomic mass is 9.85. The molecular weight excluding hydrogens is 348 g/mol. The molecule has 3 heterocycles. The molecule has 0 spiro atoms. The van der Waals surface area contributed by atoms with Gasteiger partial charge in [-0.1, -0.05) is 31.5 Å². The molecule has 1 aliphatic carbocycles. The zero-order valence-electron chi connectivity index (χ0n) is 15.0. The average molecular weight is 370 g/mol. The van der Waals surface area contributed by atoms with Crippen LogP contribution in [0.15, 0.2) is 34.1 Å². The van der Waals surface area contributed by atoms with E-state index in [1.807, 2.05) is 18.3 Å². The van der Waals surface area contributed by atoms with E-state index < -0.39 is 0 Å². The summed E-state index contributed by atoms with van der Waals surface area (Å²) in [4.78, 5) is 4.25. The summed E-state index contributed by atoms with van der Waals surface area (Å²) in [5.74, 6) is 3.27. The summed E-state index contributed by atoms with van der Waals surface area (Å²) in [5.41, 5.74) is 0.998. The van der Waals surface area contributed by atoms with Gasteiger partial charge in [0.05, 0.1) is 5.75 Å². The zero-order chi connectivity index (χ0) is 17.9. The molecular formula is C18H22N6OS. The van der Waals surface area contributed by atoms with E-state index in [0.29, 0.717) is 29.5 Å². The van der Waals surface area contributed by atoms with Gasteiger partial charge in [0.2, 0.25) is 11.8 Å². The van der Waals surface area contributed by atoms with Crippen molar-refractivity contribution in [1.29, 1.82) is 0 Å². The number of hydrogen-bond acceptors (Lipinski definition) is 7. The third-order valence-electron chi connectivity index (χ3n) is 4.87. The van der Waals surface area contributed by atoms with Crippen LogP contribution < -0.4 is 0 Å². The van der Waals surface area contributed by atoms with Crippen LogP contribution in [-0.4, -0.2) is 29.9 Å². The summed E-state index contributed by atoms with van der Waals surface area (Å²) in [6.07, 6.45) is 8.56. The summed E-state index contributed by atoms with van der Waals surface area (Å²) < 4.78 is 7.79. The number of thioether (sulfide) groups is 1. The van der Waals surface area contributed by atoms with Gasteiger partial charge in [0.1, 0.15) is 0 Å². The number of nitrogens with zero attached hydrogens (tertiary/aromatic N) is 6. The average Bonchev–Trinajstić information content (AvgIpc) is 3.27. The van der Waals surface area contributed by atoms with Gasteiger partial charge in [-0.2, -0.15) is 0 Å². The molecule has 0 aliphatic heterocycles. The first kappa shape index (κ1) is 17.2. The van der Waals surface area contributed by atoms with E-state index in [4.69, 9.17) is 4.42 Å². The van der Waals surface area contributed by atoms with Crippen LogP contribution in [0.25, 0.3) is 11.4 Å². The Morgan fingerprint density at radius 2 is 2.08 bits per heavy atom. The van der Waals surface area contributed by atoms with E-state index in [1.165, 1.54) is 19.3 Å². The van der Waals surface area contributed by atoms with Gasteiger partial charge in [-0.05, 0) is 30.9 Å². The second-order valence-corrected chi connectivity index (χ2v) is 7.69. The molecule has 26 heavy (non-hydrogen) atoms. The molecule has 4 rings (SSSR count). The molecule has 136 valence electrons. The predicted molar refractivity (Wildman–Crippen MR) is 98.5 cm³/mol. The first-order chi connectivity index (χ1) is 12.7. The van der Waals surface area contributed by atoms with Crippen molar-refractivity contribution in [2.45, 2.75) is 56.5 Å². The summed E-state index contributed by atoms with van der Waals surface area (Å²) in [6, 6.07) is 4.38. The Kier molecular flexibility index (Phi) is 5.01. The van der Waals surface area contributed by atoms with Crippen molar-refractivity contribution >= 4 is 11.8 Å². The second-order valence-electron chi connectivity index (χ2n) is 6.75. The molecule has 1 aliphatic rings. The molecule has 0 N–H and O–H groups in total. The van der Waals surface area contributed by atoms with Crippen molar-refractivity contribution < 1.29 is 4.42 Å². The molecule has 1 saturated carbocycles. The molecule has 2 unspecified atom stereocenters. The van der Waals surface area contributed by atoms with Gasteiger partial charge >= 0.3 is 0 Å². The normalized spacial score (nSPS) is 20.4. The van der Waals surface area contributed by atoms with Crippen LogP contribution in [-0.2, 0) is 5.75 Å². The number of rotatable bonds is 5. The van der Waals surface area contributed by atoms with Gasteiger partial charge in [0, 0.05) is 30.9 Å². The molecule has 0 amide bonds. The highest BCUT2D eigenvalue weighted by Gasteiger charge is 2.28. The topological polar surface area (TPSA) is 82.5 Å². The van der Waals surface area contributed by atoms with Crippen LogP contribution in [0.3, 0.4) is 0 Å². The van der Waals surface area contributed by atoms with Crippen molar-refractivity contribution in [3.8, 4) is 11.4 Å². The lowest BCUT2D eigenvalue weighted by Gasteiger charge is -2.31.